The molecule has 0 aliphatic carbocycles. The van der Waals surface area contributed by atoms with Gasteiger partial charge in [-0.05, 0) is 13.0 Å². The highest BCUT2D eigenvalue weighted by molar-refractivity contribution is 5.75. The molecular weight excluding hydrogens is 170 g/mol. The molecular formula is C8H19N3O2. The van der Waals surface area contributed by atoms with Crippen LogP contribution in [0.2, 0.25) is 0 Å². The quantitative estimate of drug-likeness (QED) is 0.419. The molecule has 0 aromatic carbocycles. The lowest BCUT2D eigenvalue weighted by Crippen LogP contribution is -2.27. The van der Waals surface area contributed by atoms with Crippen LogP contribution in [-0.2, 0) is 9.53 Å². The molecule has 13 heavy (non-hydrogen) atoms. The second kappa shape index (κ2) is 9.44. The van der Waals surface area contributed by atoms with Crippen molar-refractivity contribution in [3.05, 3.63) is 0 Å². The van der Waals surface area contributed by atoms with E-state index in [1.54, 1.807) is 0 Å². The lowest BCUT2D eigenvalue weighted by atomic mass is 10.4. The number of carbonyl (C=O) groups excluding carboxylic acids is 1. The number of amides is 1. The first kappa shape index (κ1) is 12.3. The Labute approximate surface area is 78.8 Å². The van der Waals surface area contributed by atoms with Crippen molar-refractivity contribution in [1.82, 2.24) is 5.32 Å². The van der Waals surface area contributed by atoms with Crippen LogP contribution in [0, 0.1) is 0 Å². The van der Waals surface area contributed by atoms with Crippen molar-refractivity contribution >= 4 is 5.91 Å². The molecule has 0 aromatic rings. The number of nitrogens with two attached hydrogens (primary N) is 2. The van der Waals surface area contributed by atoms with Gasteiger partial charge in [0, 0.05) is 19.5 Å². The number of carbonyl (C=O) groups is 1. The Bertz CT molecular complexity index is 131. The van der Waals surface area contributed by atoms with Gasteiger partial charge in [0.15, 0.2) is 0 Å². The molecule has 5 nitrogen and oxygen atoms in total. The van der Waals surface area contributed by atoms with Crippen molar-refractivity contribution in [1.29, 1.82) is 0 Å². The van der Waals surface area contributed by atoms with Crippen molar-refractivity contribution in [2.24, 2.45) is 11.5 Å². The molecule has 0 fully saturated rings. The number of rotatable bonds is 8. The third-order valence-corrected chi connectivity index (χ3v) is 1.44. The summed E-state index contributed by atoms with van der Waals surface area (Å²) in [6.45, 7) is 2.69. The summed E-state index contributed by atoms with van der Waals surface area (Å²) < 4.78 is 5.05. The van der Waals surface area contributed by atoms with Crippen LogP contribution in [0.4, 0.5) is 0 Å². The van der Waals surface area contributed by atoms with Gasteiger partial charge in [0.25, 0.3) is 0 Å². The van der Waals surface area contributed by atoms with E-state index in [0.29, 0.717) is 39.3 Å². The Kier molecular flexibility index (Phi) is 8.97. The smallest absolute Gasteiger partial charge is 0.222 e. The summed E-state index contributed by atoms with van der Waals surface area (Å²) in [6, 6.07) is 0. The van der Waals surface area contributed by atoms with Crippen LogP contribution in [0.1, 0.15) is 12.8 Å². The van der Waals surface area contributed by atoms with Gasteiger partial charge < -0.3 is 21.5 Å². The van der Waals surface area contributed by atoms with Crippen molar-refractivity contribution in [3.63, 3.8) is 0 Å². The summed E-state index contributed by atoms with van der Waals surface area (Å²) >= 11 is 0. The molecule has 0 saturated carbocycles. The summed E-state index contributed by atoms with van der Waals surface area (Å²) in [4.78, 5) is 11.0. The first-order valence-electron chi connectivity index (χ1n) is 4.56. The van der Waals surface area contributed by atoms with E-state index < -0.39 is 0 Å². The third kappa shape index (κ3) is 9.26. The molecule has 0 aromatic heterocycles. The van der Waals surface area contributed by atoms with Crippen LogP contribution in [0.25, 0.3) is 0 Å². The van der Waals surface area contributed by atoms with Crippen molar-refractivity contribution in [2.45, 2.75) is 12.8 Å². The highest BCUT2D eigenvalue weighted by Gasteiger charge is 1.98. The van der Waals surface area contributed by atoms with Gasteiger partial charge in [-0.25, -0.2) is 0 Å². The van der Waals surface area contributed by atoms with E-state index in [2.05, 4.69) is 5.32 Å². The number of ether oxygens (including phenoxy) is 1. The first-order valence-corrected chi connectivity index (χ1v) is 4.56. The van der Waals surface area contributed by atoms with Crippen molar-refractivity contribution in [3.8, 4) is 0 Å². The van der Waals surface area contributed by atoms with Gasteiger partial charge in [-0.3, -0.25) is 4.79 Å². The average Bonchev–Trinajstić information content (AvgIpc) is 2.13. The monoisotopic (exact) mass is 189 g/mol. The fourth-order valence-corrected chi connectivity index (χ4v) is 0.769. The molecule has 0 spiro atoms. The van der Waals surface area contributed by atoms with Gasteiger partial charge in [0.05, 0.1) is 13.2 Å². The lowest BCUT2D eigenvalue weighted by molar-refractivity contribution is -0.122. The summed E-state index contributed by atoms with van der Waals surface area (Å²) in [5, 5.41) is 2.73. The van der Waals surface area contributed by atoms with Crippen LogP contribution >= 0.6 is 0 Å². The van der Waals surface area contributed by atoms with Crippen LogP contribution in [-0.4, -0.2) is 38.8 Å². The predicted octanol–water partition coefficient (Wildman–Crippen LogP) is -1.18. The van der Waals surface area contributed by atoms with E-state index in [9.17, 15) is 4.79 Å². The molecule has 0 bridgehead atoms. The molecule has 5 heteroatoms. The average molecular weight is 189 g/mol. The number of nitrogens with one attached hydrogen (secondary N) is 1. The Balaban J connectivity index is 3.11. The van der Waals surface area contributed by atoms with Gasteiger partial charge in [-0.1, -0.05) is 0 Å². The van der Waals surface area contributed by atoms with Gasteiger partial charge in [0.1, 0.15) is 0 Å². The standard InChI is InChI=1S/C8H19N3O2/c9-3-1-5-11-8(12)2-6-13-7-4-10/h1-7,9-10H2,(H,11,12). The van der Waals surface area contributed by atoms with Crippen LogP contribution in [0.5, 0.6) is 0 Å². The highest BCUT2D eigenvalue weighted by atomic mass is 16.5. The highest BCUT2D eigenvalue weighted by Crippen LogP contribution is 1.82. The van der Waals surface area contributed by atoms with Gasteiger partial charge >= 0.3 is 0 Å². The van der Waals surface area contributed by atoms with Crippen molar-refractivity contribution < 1.29 is 9.53 Å². The Morgan fingerprint density at radius 2 is 2.00 bits per heavy atom. The minimum absolute atomic E-state index is 0.00507. The molecule has 0 aliphatic rings. The van der Waals surface area contributed by atoms with Crippen LogP contribution in [0.15, 0.2) is 0 Å². The summed E-state index contributed by atoms with van der Waals surface area (Å²) in [5.41, 5.74) is 10.5. The molecule has 5 N–H and O–H groups in total. The van der Waals surface area contributed by atoms with Gasteiger partial charge in [-0.2, -0.15) is 0 Å². The third-order valence-electron chi connectivity index (χ3n) is 1.44. The fraction of sp³-hybridized carbons (Fsp3) is 0.875. The summed E-state index contributed by atoms with van der Waals surface area (Å²) in [7, 11) is 0. The molecule has 0 rings (SSSR count). The van der Waals surface area contributed by atoms with E-state index in [1.807, 2.05) is 0 Å². The second-order valence-corrected chi connectivity index (χ2v) is 2.64. The molecule has 0 radical (unpaired) electrons. The van der Waals surface area contributed by atoms with E-state index in [-0.39, 0.29) is 5.91 Å². The zero-order valence-corrected chi connectivity index (χ0v) is 7.92. The summed E-state index contributed by atoms with van der Waals surface area (Å²) in [5.74, 6) is 0.00507. The molecule has 0 aliphatic heterocycles. The van der Waals surface area contributed by atoms with E-state index in [0.717, 1.165) is 6.42 Å². The maximum atomic E-state index is 11.0. The van der Waals surface area contributed by atoms with E-state index >= 15 is 0 Å². The van der Waals surface area contributed by atoms with Gasteiger partial charge in [-0.15, -0.1) is 0 Å². The van der Waals surface area contributed by atoms with E-state index in [1.165, 1.54) is 0 Å². The zero-order valence-electron chi connectivity index (χ0n) is 7.92. The van der Waals surface area contributed by atoms with Crippen LogP contribution < -0.4 is 16.8 Å². The Morgan fingerprint density at radius 3 is 2.62 bits per heavy atom. The molecule has 0 saturated heterocycles. The normalized spacial score (nSPS) is 10.0. The van der Waals surface area contributed by atoms with E-state index in [4.69, 9.17) is 16.2 Å². The number of hydrogen-bond acceptors (Lipinski definition) is 4. The predicted molar refractivity (Wildman–Crippen MR) is 51.2 cm³/mol. The first-order chi connectivity index (χ1) is 6.31. The zero-order chi connectivity index (χ0) is 9.94. The number of hydrogen-bond donors (Lipinski definition) is 3. The Hall–Kier alpha value is -0.650. The maximum Gasteiger partial charge on any atom is 0.222 e. The second-order valence-electron chi connectivity index (χ2n) is 2.64. The molecule has 0 atom stereocenters. The fourth-order valence-electron chi connectivity index (χ4n) is 0.769. The molecule has 78 valence electrons. The van der Waals surface area contributed by atoms with Crippen LogP contribution in [0.3, 0.4) is 0 Å². The molecule has 0 heterocycles. The molecule has 1 amide bonds. The Morgan fingerprint density at radius 1 is 1.23 bits per heavy atom. The topological polar surface area (TPSA) is 90.4 Å². The molecule has 0 unspecified atom stereocenters. The maximum absolute atomic E-state index is 11.0. The largest absolute Gasteiger partial charge is 0.380 e. The SMILES string of the molecule is NCCCNC(=O)CCOCCN. The minimum Gasteiger partial charge on any atom is -0.380 e. The lowest BCUT2D eigenvalue weighted by Gasteiger charge is -2.04. The van der Waals surface area contributed by atoms with Gasteiger partial charge in [0.2, 0.25) is 5.91 Å². The summed E-state index contributed by atoms with van der Waals surface area (Å²) in [6.07, 6.45) is 1.21. The van der Waals surface area contributed by atoms with Crippen molar-refractivity contribution in [2.75, 3.05) is 32.8 Å². The minimum atomic E-state index is 0.00507.